The molecule has 2 aromatic carbocycles. The quantitative estimate of drug-likeness (QED) is 0.790. The van der Waals surface area contributed by atoms with Crippen LogP contribution in [-0.4, -0.2) is 13.9 Å². The average molecular weight is 302 g/mol. The first-order valence-corrected chi connectivity index (χ1v) is 5.89. The van der Waals surface area contributed by atoms with Crippen LogP contribution in [0, 0.1) is 0 Å². The first-order valence-electron chi connectivity index (χ1n) is 4.72. The van der Waals surface area contributed by atoms with E-state index in [1.165, 1.54) is 0 Å². The zero-order valence-corrected chi connectivity index (χ0v) is 11.0. The molecule has 0 aliphatic heterocycles. The molecule has 0 heterocycles. The van der Waals surface area contributed by atoms with Gasteiger partial charge in [0.15, 0.2) is 6.79 Å². The molecule has 0 spiro atoms. The Bertz CT molecular complexity index is 514. The third-order valence-corrected chi connectivity index (χ3v) is 3.14. The number of methoxy groups -OCH3 is 1. The number of halogens is 2. The van der Waals surface area contributed by atoms with Crippen molar-refractivity contribution in [1.82, 2.24) is 0 Å². The van der Waals surface area contributed by atoms with Crippen LogP contribution in [0.15, 0.2) is 34.8 Å². The fraction of sp³-hybridized carbons (Fsp3) is 0.167. The fourth-order valence-corrected chi connectivity index (χ4v) is 2.58. The van der Waals surface area contributed by atoms with Gasteiger partial charge in [0.25, 0.3) is 0 Å². The summed E-state index contributed by atoms with van der Waals surface area (Å²) in [7, 11) is 1.59. The Balaban J connectivity index is 2.51. The SMILES string of the molecule is COCOc1cc(Br)c2c(Cl)cccc2c1. The van der Waals surface area contributed by atoms with Crippen molar-refractivity contribution in [3.63, 3.8) is 0 Å². The molecule has 2 nitrogen and oxygen atoms in total. The van der Waals surface area contributed by atoms with Crippen molar-refractivity contribution < 1.29 is 9.47 Å². The highest BCUT2D eigenvalue weighted by Gasteiger charge is 2.06. The van der Waals surface area contributed by atoms with Crippen LogP contribution < -0.4 is 4.74 Å². The van der Waals surface area contributed by atoms with Gasteiger partial charge >= 0.3 is 0 Å². The molecule has 0 radical (unpaired) electrons. The van der Waals surface area contributed by atoms with Crippen molar-refractivity contribution in [2.75, 3.05) is 13.9 Å². The molecule has 0 saturated heterocycles. The Morgan fingerprint density at radius 2 is 2.12 bits per heavy atom. The van der Waals surface area contributed by atoms with Crippen LogP contribution in [0.1, 0.15) is 0 Å². The molecule has 0 amide bonds. The molecule has 0 aliphatic carbocycles. The van der Waals surface area contributed by atoms with E-state index in [0.717, 1.165) is 26.0 Å². The summed E-state index contributed by atoms with van der Waals surface area (Å²) in [5.41, 5.74) is 0. The number of rotatable bonds is 3. The summed E-state index contributed by atoms with van der Waals surface area (Å²) in [6.07, 6.45) is 0. The van der Waals surface area contributed by atoms with Crippen molar-refractivity contribution >= 4 is 38.3 Å². The van der Waals surface area contributed by atoms with E-state index < -0.39 is 0 Å². The number of benzene rings is 2. The number of ether oxygens (including phenoxy) is 2. The van der Waals surface area contributed by atoms with Gasteiger partial charge in [0.2, 0.25) is 0 Å². The normalized spacial score (nSPS) is 10.7. The van der Waals surface area contributed by atoms with Crippen LogP contribution >= 0.6 is 27.5 Å². The van der Waals surface area contributed by atoms with Crippen LogP contribution in [-0.2, 0) is 4.74 Å². The van der Waals surface area contributed by atoms with Gasteiger partial charge in [0, 0.05) is 22.0 Å². The maximum atomic E-state index is 6.12. The number of hydrogen-bond donors (Lipinski definition) is 0. The second-order valence-electron chi connectivity index (χ2n) is 3.29. The molecule has 0 N–H and O–H groups in total. The minimum absolute atomic E-state index is 0.235. The van der Waals surface area contributed by atoms with Gasteiger partial charge in [0.05, 0.1) is 0 Å². The molecular weight excluding hydrogens is 291 g/mol. The van der Waals surface area contributed by atoms with E-state index in [0.29, 0.717) is 0 Å². The van der Waals surface area contributed by atoms with Gasteiger partial charge in [0.1, 0.15) is 5.75 Å². The van der Waals surface area contributed by atoms with Gasteiger partial charge < -0.3 is 9.47 Å². The zero-order valence-electron chi connectivity index (χ0n) is 8.67. The second-order valence-corrected chi connectivity index (χ2v) is 4.56. The Morgan fingerprint density at radius 1 is 1.31 bits per heavy atom. The van der Waals surface area contributed by atoms with Crippen molar-refractivity contribution in [3.05, 3.63) is 39.8 Å². The lowest BCUT2D eigenvalue weighted by atomic mass is 10.1. The Morgan fingerprint density at radius 3 is 2.88 bits per heavy atom. The van der Waals surface area contributed by atoms with E-state index in [4.69, 9.17) is 21.1 Å². The van der Waals surface area contributed by atoms with Gasteiger partial charge in [-0.3, -0.25) is 0 Å². The third kappa shape index (κ3) is 2.32. The van der Waals surface area contributed by atoms with Crippen LogP contribution in [0.25, 0.3) is 10.8 Å². The van der Waals surface area contributed by atoms with Crippen molar-refractivity contribution in [2.24, 2.45) is 0 Å². The predicted octanol–water partition coefficient (Wildman–Crippen LogP) is 4.24. The van der Waals surface area contributed by atoms with E-state index >= 15 is 0 Å². The zero-order chi connectivity index (χ0) is 11.5. The topological polar surface area (TPSA) is 18.5 Å². The summed E-state index contributed by atoms with van der Waals surface area (Å²) >= 11 is 9.61. The fourth-order valence-electron chi connectivity index (χ4n) is 1.52. The number of hydrogen-bond acceptors (Lipinski definition) is 2. The molecule has 0 aromatic heterocycles. The molecule has 0 atom stereocenters. The number of fused-ring (bicyclic) bond motifs is 1. The van der Waals surface area contributed by atoms with Gasteiger partial charge in [-0.1, -0.05) is 23.7 Å². The summed E-state index contributed by atoms with van der Waals surface area (Å²) < 4.78 is 11.2. The molecule has 2 aromatic rings. The van der Waals surface area contributed by atoms with Crippen LogP contribution in [0.5, 0.6) is 5.75 Å². The van der Waals surface area contributed by atoms with Crippen molar-refractivity contribution in [2.45, 2.75) is 0 Å². The molecule has 0 unspecified atom stereocenters. The molecule has 2 rings (SSSR count). The molecule has 16 heavy (non-hydrogen) atoms. The minimum atomic E-state index is 0.235. The van der Waals surface area contributed by atoms with Crippen molar-refractivity contribution in [1.29, 1.82) is 0 Å². The molecule has 0 saturated carbocycles. The average Bonchev–Trinajstić information content (AvgIpc) is 2.26. The first-order chi connectivity index (χ1) is 7.72. The Hall–Kier alpha value is -0.770. The maximum Gasteiger partial charge on any atom is 0.188 e. The van der Waals surface area contributed by atoms with Crippen LogP contribution in [0.4, 0.5) is 0 Å². The van der Waals surface area contributed by atoms with E-state index in [9.17, 15) is 0 Å². The highest BCUT2D eigenvalue weighted by molar-refractivity contribution is 9.10. The minimum Gasteiger partial charge on any atom is -0.468 e. The largest absolute Gasteiger partial charge is 0.468 e. The van der Waals surface area contributed by atoms with Crippen LogP contribution in [0.3, 0.4) is 0 Å². The van der Waals surface area contributed by atoms with Crippen molar-refractivity contribution in [3.8, 4) is 5.75 Å². The summed E-state index contributed by atoms with van der Waals surface area (Å²) in [6.45, 7) is 0.235. The standard InChI is InChI=1S/C12H10BrClO2/c1-15-7-16-9-5-8-3-2-4-11(14)12(8)10(13)6-9/h2-6H,7H2,1H3. The second kappa shape index (κ2) is 5.04. The Kier molecular flexibility index (Phi) is 3.69. The van der Waals surface area contributed by atoms with E-state index in [-0.39, 0.29) is 6.79 Å². The first kappa shape index (κ1) is 11.7. The lowest BCUT2D eigenvalue weighted by Crippen LogP contribution is -1.98. The summed E-state index contributed by atoms with van der Waals surface area (Å²) in [5, 5.41) is 2.75. The molecular formula is C12H10BrClO2. The molecule has 4 heteroatoms. The van der Waals surface area contributed by atoms with Gasteiger partial charge in [-0.05, 0) is 39.5 Å². The molecule has 0 fully saturated rings. The lowest BCUT2D eigenvalue weighted by molar-refractivity contribution is 0.0512. The molecule has 84 valence electrons. The van der Waals surface area contributed by atoms with E-state index in [1.54, 1.807) is 7.11 Å². The maximum absolute atomic E-state index is 6.12. The monoisotopic (exact) mass is 300 g/mol. The lowest BCUT2D eigenvalue weighted by Gasteiger charge is -2.08. The summed E-state index contributed by atoms with van der Waals surface area (Å²) in [4.78, 5) is 0. The van der Waals surface area contributed by atoms with Gasteiger partial charge in [-0.2, -0.15) is 0 Å². The highest BCUT2D eigenvalue weighted by atomic mass is 79.9. The van der Waals surface area contributed by atoms with Gasteiger partial charge in [-0.15, -0.1) is 0 Å². The molecule has 0 aliphatic rings. The predicted molar refractivity (Wildman–Crippen MR) is 69.2 cm³/mol. The highest BCUT2D eigenvalue weighted by Crippen LogP contribution is 2.34. The van der Waals surface area contributed by atoms with E-state index in [2.05, 4.69) is 15.9 Å². The smallest absolute Gasteiger partial charge is 0.188 e. The third-order valence-electron chi connectivity index (χ3n) is 2.19. The van der Waals surface area contributed by atoms with E-state index in [1.807, 2.05) is 30.3 Å². The van der Waals surface area contributed by atoms with Gasteiger partial charge in [-0.25, -0.2) is 0 Å². The molecule has 0 bridgehead atoms. The van der Waals surface area contributed by atoms with Crippen LogP contribution in [0.2, 0.25) is 5.02 Å². The summed E-state index contributed by atoms with van der Waals surface area (Å²) in [5.74, 6) is 0.753. The summed E-state index contributed by atoms with van der Waals surface area (Å²) in [6, 6.07) is 9.59. The Labute approximate surface area is 107 Å².